The van der Waals surface area contributed by atoms with Crippen LogP contribution in [0.1, 0.15) is 11.1 Å². The fourth-order valence-electron chi connectivity index (χ4n) is 4.96. The van der Waals surface area contributed by atoms with E-state index >= 15 is 0 Å². The van der Waals surface area contributed by atoms with Crippen LogP contribution in [0.3, 0.4) is 0 Å². The van der Waals surface area contributed by atoms with E-state index in [0.717, 1.165) is 0 Å². The van der Waals surface area contributed by atoms with Crippen LogP contribution in [0.2, 0.25) is 0 Å². The molecular formula is C28H28O12S. The number of hydrogen-bond acceptors (Lipinski definition) is 12. The van der Waals surface area contributed by atoms with Crippen LogP contribution in [-0.2, 0) is 19.3 Å². The van der Waals surface area contributed by atoms with E-state index in [4.69, 9.17) is 9.47 Å². The Morgan fingerprint density at radius 1 is 0.610 bits per heavy atom. The zero-order chi connectivity index (χ0) is 29.6. The van der Waals surface area contributed by atoms with Gasteiger partial charge in [0.1, 0.15) is 61.0 Å². The summed E-state index contributed by atoms with van der Waals surface area (Å²) in [6.07, 6.45) is -14.1. The molecule has 13 heteroatoms. The maximum Gasteiger partial charge on any atom is 0.207 e. The number of aliphatic hydroxyl groups excluding tert-OH is 8. The van der Waals surface area contributed by atoms with Crippen molar-refractivity contribution in [2.75, 3.05) is 13.2 Å². The van der Waals surface area contributed by atoms with Crippen molar-refractivity contribution in [2.45, 2.75) is 70.8 Å². The molecule has 0 spiro atoms. The lowest BCUT2D eigenvalue weighted by molar-refractivity contribution is -0.214. The van der Waals surface area contributed by atoms with Gasteiger partial charge in [0.05, 0.1) is 23.0 Å². The van der Waals surface area contributed by atoms with E-state index in [1.807, 2.05) is 0 Å². The highest BCUT2D eigenvalue weighted by molar-refractivity contribution is 7.92. The van der Waals surface area contributed by atoms with Crippen LogP contribution in [0.5, 0.6) is 0 Å². The molecular weight excluding hydrogens is 560 g/mol. The molecule has 41 heavy (non-hydrogen) atoms. The molecule has 218 valence electrons. The van der Waals surface area contributed by atoms with Gasteiger partial charge in [0.2, 0.25) is 9.84 Å². The SMILES string of the molecule is O=S1(=O)c2cc(C#C[C@H]3O[C@H](CO)[C@@H](O)[C@H](O)[C@@H]3O)ccc2-c2ccc(C#C[C@H]3O[C@H](CO)[C@@H](O)[C@H](O)[C@@H]3O)cc21. The average Bonchev–Trinajstić information content (AvgIpc) is 3.19. The van der Waals surface area contributed by atoms with E-state index in [9.17, 15) is 49.3 Å². The summed E-state index contributed by atoms with van der Waals surface area (Å²) in [5, 5.41) is 78.8. The van der Waals surface area contributed by atoms with Gasteiger partial charge < -0.3 is 50.3 Å². The number of hydrogen-bond donors (Lipinski definition) is 8. The quantitative estimate of drug-likeness (QED) is 0.140. The van der Waals surface area contributed by atoms with Gasteiger partial charge in [-0.15, -0.1) is 0 Å². The lowest BCUT2D eigenvalue weighted by atomic mass is 9.95. The molecule has 2 saturated heterocycles. The Kier molecular flexibility index (Phi) is 8.24. The number of sulfone groups is 1. The molecule has 8 N–H and O–H groups in total. The summed E-state index contributed by atoms with van der Waals surface area (Å²) in [5.74, 6) is 10.7. The molecule has 12 nitrogen and oxygen atoms in total. The molecule has 0 amide bonds. The first-order valence-electron chi connectivity index (χ1n) is 12.7. The predicted octanol–water partition coefficient (Wildman–Crippen LogP) is -3.11. The third-order valence-corrected chi connectivity index (χ3v) is 9.17. The van der Waals surface area contributed by atoms with Gasteiger partial charge >= 0.3 is 0 Å². The van der Waals surface area contributed by atoms with Gasteiger partial charge in [0.25, 0.3) is 0 Å². The largest absolute Gasteiger partial charge is 0.394 e. The molecule has 0 aliphatic carbocycles. The normalized spacial score (nSPS) is 35.3. The topological polar surface area (TPSA) is 214 Å². The molecule has 0 bridgehead atoms. The summed E-state index contributed by atoms with van der Waals surface area (Å²) in [6, 6.07) is 9.03. The monoisotopic (exact) mass is 588 g/mol. The highest BCUT2D eigenvalue weighted by atomic mass is 32.2. The highest BCUT2D eigenvalue weighted by Gasteiger charge is 2.44. The number of rotatable bonds is 2. The number of ether oxygens (including phenoxy) is 2. The third kappa shape index (κ3) is 5.28. The summed E-state index contributed by atoms with van der Waals surface area (Å²) in [7, 11) is -3.98. The number of aliphatic hydroxyl groups is 8. The van der Waals surface area contributed by atoms with Crippen molar-refractivity contribution in [3.8, 4) is 34.8 Å². The Labute approximate surface area is 235 Å². The van der Waals surface area contributed by atoms with Crippen molar-refractivity contribution in [2.24, 2.45) is 0 Å². The van der Waals surface area contributed by atoms with E-state index in [2.05, 4.69) is 23.7 Å². The van der Waals surface area contributed by atoms with Crippen LogP contribution in [0.15, 0.2) is 46.2 Å². The molecule has 0 aromatic heterocycles. The molecule has 0 saturated carbocycles. The Hall–Kier alpha value is -2.89. The standard InChI is InChI=1S/C28H28O12S/c29-11-19-25(33)27(35)23(31)17(39-19)7-3-13-1-5-15-16-6-2-14(10-22(16)41(37,38)21(15)9-13)4-8-18-24(32)28(36)26(34)20(12-30)40-18/h1-2,5-6,9-10,17-20,23-36H,11-12H2/t17-,18-,19-,20-,23-,24-,25-,26-,27-,28-/m1/s1. The zero-order valence-electron chi connectivity index (χ0n) is 21.3. The van der Waals surface area contributed by atoms with Crippen molar-refractivity contribution in [1.82, 2.24) is 0 Å². The van der Waals surface area contributed by atoms with Crippen molar-refractivity contribution >= 4 is 9.84 Å². The minimum absolute atomic E-state index is 0.00727. The molecule has 0 unspecified atom stereocenters. The molecule has 3 aliphatic rings. The maximum atomic E-state index is 13.4. The third-order valence-electron chi connectivity index (χ3n) is 7.33. The summed E-state index contributed by atoms with van der Waals surface area (Å²) in [5.41, 5.74) is 1.43. The van der Waals surface area contributed by atoms with Crippen molar-refractivity contribution < 1.29 is 58.7 Å². The number of benzene rings is 2. The summed E-state index contributed by atoms with van der Waals surface area (Å²) in [4.78, 5) is -0.0145. The van der Waals surface area contributed by atoms with Gasteiger partial charge in [0, 0.05) is 22.3 Å². The van der Waals surface area contributed by atoms with Gasteiger partial charge in [-0.05, 0) is 24.3 Å². The minimum Gasteiger partial charge on any atom is -0.394 e. The fraction of sp³-hybridized carbons (Fsp3) is 0.429. The Morgan fingerprint density at radius 3 is 1.37 bits per heavy atom. The molecule has 2 aromatic carbocycles. The van der Waals surface area contributed by atoms with Crippen LogP contribution in [0.4, 0.5) is 0 Å². The van der Waals surface area contributed by atoms with Crippen molar-refractivity contribution in [1.29, 1.82) is 0 Å². The molecule has 10 atom stereocenters. The smallest absolute Gasteiger partial charge is 0.207 e. The molecule has 0 radical (unpaired) electrons. The van der Waals surface area contributed by atoms with E-state index in [0.29, 0.717) is 11.1 Å². The second kappa shape index (κ2) is 11.4. The Balaban J connectivity index is 1.39. The Bertz CT molecular complexity index is 1440. The second-order valence-electron chi connectivity index (χ2n) is 9.96. The summed E-state index contributed by atoms with van der Waals surface area (Å²) in [6.45, 7) is -1.21. The lowest BCUT2D eigenvalue weighted by Crippen LogP contribution is -2.58. The van der Waals surface area contributed by atoms with Gasteiger partial charge in [-0.3, -0.25) is 0 Å². The molecule has 2 fully saturated rings. The van der Waals surface area contributed by atoms with E-state index in [-0.39, 0.29) is 20.9 Å². The summed E-state index contributed by atoms with van der Waals surface area (Å²) >= 11 is 0. The van der Waals surface area contributed by atoms with Crippen LogP contribution >= 0.6 is 0 Å². The van der Waals surface area contributed by atoms with Crippen LogP contribution in [0, 0.1) is 23.7 Å². The van der Waals surface area contributed by atoms with Gasteiger partial charge in [-0.2, -0.15) is 0 Å². The van der Waals surface area contributed by atoms with E-state index < -0.39 is 84.1 Å². The predicted molar refractivity (Wildman–Crippen MR) is 139 cm³/mol. The minimum atomic E-state index is -3.98. The lowest BCUT2D eigenvalue weighted by Gasteiger charge is -2.37. The van der Waals surface area contributed by atoms with E-state index in [1.165, 1.54) is 12.1 Å². The second-order valence-corrected chi connectivity index (χ2v) is 11.8. The summed E-state index contributed by atoms with van der Waals surface area (Å²) < 4.78 is 37.6. The average molecular weight is 589 g/mol. The van der Waals surface area contributed by atoms with Crippen LogP contribution in [-0.4, -0.2) is 124 Å². The van der Waals surface area contributed by atoms with Crippen LogP contribution < -0.4 is 0 Å². The molecule has 5 rings (SSSR count). The first kappa shape index (κ1) is 29.6. The van der Waals surface area contributed by atoms with Crippen LogP contribution in [0.25, 0.3) is 11.1 Å². The van der Waals surface area contributed by atoms with Gasteiger partial charge in [-0.1, -0.05) is 35.8 Å². The molecule has 2 aromatic rings. The molecule has 3 aliphatic heterocycles. The first-order chi connectivity index (χ1) is 19.5. The van der Waals surface area contributed by atoms with E-state index in [1.54, 1.807) is 24.3 Å². The first-order valence-corrected chi connectivity index (χ1v) is 14.1. The number of fused-ring (bicyclic) bond motifs is 3. The molecule has 3 heterocycles. The van der Waals surface area contributed by atoms with Gasteiger partial charge in [-0.25, -0.2) is 8.42 Å². The highest BCUT2D eigenvalue weighted by Crippen LogP contribution is 2.43. The van der Waals surface area contributed by atoms with Gasteiger partial charge in [0.15, 0.2) is 0 Å². The van der Waals surface area contributed by atoms with Crippen molar-refractivity contribution in [3.63, 3.8) is 0 Å². The Morgan fingerprint density at radius 2 is 1.00 bits per heavy atom. The fourth-order valence-corrected chi connectivity index (χ4v) is 6.69. The maximum absolute atomic E-state index is 13.4. The zero-order valence-corrected chi connectivity index (χ0v) is 22.1. The van der Waals surface area contributed by atoms with Crippen molar-refractivity contribution in [3.05, 3.63) is 47.5 Å².